The lowest BCUT2D eigenvalue weighted by atomic mass is 9.98. The summed E-state index contributed by atoms with van der Waals surface area (Å²) in [5.41, 5.74) is 14.7. The second-order valence-corrected chi connectivity index (χ2v) is 16.8. The summed E-state index contributed by atoms with van der Waals surface area (Å²) in [6.45, 7) is 0. The molecule has 3 aromatic heterocycles. The lowest BCUT2D eigenvalue weighted by Gasteiger charge is -2.12. The van der Waals surface area contributed by atoms with Gasteiger partial charge in [0.05, 0.1) is 11.0 Å². The minimum atomic E-state index is 0.616. The van der Waals surface area contributed by atoms with E-state index in [2.05, 4.69) is 193 Å². The number of rotatable bonds is 7. The molecule has 0 aliphatic heterocycles. The Kier molecular flexibility index (Phi) is 8.78. The molecule has 0 saturated heterocycles. The van der Waals surface area contributed by atoms with Crippen molar-refractivity contribution in [1.82, 2.24) is 19.5 Å². The average Bonchev–Trinajstić information content (AvgIpc) is 3.94. The van der Waals surface area contributed by atoms with Gasteiger partial charge >= 0.3 is 0 Å². The molecule has 5 heteroatoms. The van der Waals surface area contributed by atoms with E-state index < -0.39 is 0 Å². The summed E-state index contributed by atoms with van der Waals surface area (Å²) < 4.78 is 8.69. The van der Waals surface area contributed by atoms with E-state index in [0.29, 0.717) is 17.5 Å². The molecule has 3 heterocycles. The molecule has 0 unspecified atom stereocenters. The van der Waals surface area contributed by atoms with E-state index >= 15 is 0 Å². The normalized spacial score (nSPS) is 11.6. The van der Waals surface area contributed by atoms with Gasteiger partial charge in [-0.1, -0.05) is 182 Å². The third-order valence-corrected chi connectivity index (χ3v) is 12.8. The lowest BCUT2D eigenvalue weighted by Crippen LogP contribution is -2.00. The molecular formula is C61H38N4O. The largest absolute Gasteiger partial charge is 0.456 e. The molecule has 5 nitrogen and oxygen atoms in total. The van der Waals surface area contributed by atoms with E-state index in [1.165, 1.54) is 27.1 Å². The van der Waals surface area contributed by atoms with Gasteiger partial charge in [-0.25, -0.2) is 15.0 Å². The summed E-state index contributed by atoms with van der Waals surface area (Å²) in [5.74, 6) is 1.87. The molecule has 0 aliphatic carbocycles. The van der Waals surface area contributed by atoms with Crippen LogP contribution in [0.2, 0.25) is 0 Å². The van der Waals surface area contributed by atoms with Crippen molar-refractivity contribution in [2.24, 2.45) is 0 Å². The third-order valence-electron chi connectivity index (χ3n) is 12.8. The fourth-order valence-electron chi connectivity index (χ4n) is 9.62. The van der Waals surface area contributed by atoms with Gasteiger partial charge in [0, 0.05) is 43.9 Å². The standard InChI is InChI=1S/C61H38N4O/c1-2-14-41(15-3-1)59-62-60(42-30-27-40(28-31-42)46-32-29-39-13-4-5-16-43(39)35-46)64-61(63-59)48-19-10-17-44(36-48)45-18-11-20-49(37-45)65-54-24-8-6-21-51(54)52-34-33-47(38-55(52)65)50-23-12-26-57-58(50)53-22-7-9-25-56(53)66-57/h1-38H. The maximum absolute atomic E-state index is 6.30. The summed E-state index contributed by atoms with van der Waals surface area (Å²) >= 11 is 0. The van der Waals surface area contributed by atoms with Gasteiger partial charge in [0.1, 0.15) is 11.2 Å². The Balaban J connectivity index is 0.896. The van der Waals surface area contributed by atoms with E-state index in [0.717, 1.165) is 83.2 Å². The summed E-state index contributed by atoms with van der Waals surface area (Å²) in [5, 5.41) is 7.11. The number of hydrogen-bond donors (Lipinski definition) is 0. The van der Waals surface area contributed by atoms with E-state index in [1.807, 2.05) is 42.5 Å². The topological polar surface area (TPSA) is 56.7 Å². The number of para-hydroxylation sites is 2. The highest BCUT2D eigenvalue weighted by atomic mass is 16.3. The van der Waals surface area contributed by atoms with Gasteiger partial charge in [-0.2, -0.15) is 0 Å². The van der Waals surface area contributed by atoms with Crippen LogP contribution in [-0.4, -0.2) is 19.5 Å². The molecule has 66 heavy (non-hydrogen) atoms. The molecule has 13 aromatic rings. The highest BCUT2D eigenvalue weighted by Gasteiger charge is 2.18. The van der Waals surface area contributed by atoms with Crippen molar-refractivity contribution >= 4 is 54.5 Å². The Bertz CT molecular complexity index is 4000. The molecule has 0 atom stereocenters. The minimum absolute atomic E-state index is 0.616. The fourth-order valence-corrected chi connectivity index (χ4v) is 9.62. The molecule has 0 radical (unpaired) electrons. The van der Waals surface area contributed by atoms with Crippen LogP contribution in [-0.2, 0) is 0 Å². The van der Waals surface area contributed by atoms with Crippen LogP contribution in [0.15, 0.2) is 235 Å². The van der Waals surface area contributed by atoms with Crippen molar-refractivity contribution in [1.29, 1.82) is 0 Å². The molecular weight excluding hydrogens is 805 g/mol. The molecule has 0 aliphatic rings. The summed E-state index contributed by atoms with van der Waals surface area (Å²) in [6.07, 6.45) is 0. The molecule has 0 spiro atoms. The summed E-state index contributed by atoms with van der Waals surface area (Å²) in [7, 11) is 0. The SMILES string of the molecule is c1ccc(-c2nc(-c3ccc(-c4ccc5ccccc5c4)cc3)nc(-c3cccc(-c4cccc(-n5c6ccccc6c6ccc(-c7cccc8oc9ccccc9c78)cc65)c4)c3)n2)cc1. The van der Waals surface area contributed by atoms with Gasteiger partial charge in [0.25, 0.3) is 0 Å². The van der Waals surface area contributed by atoms with E-state index in [1.54, 1.807) is 0 Å². The molecule has 10 aromatic carbocycles. The zero-order valence-electron chi connectivity index (χ0n) is 35.6. The summed E-state index contributed by atoms with van der Waals surface area (Å²) in [4.78, 5) is 15.3. The van der Waals surface area contributed by atoms with Gasteiger partial charge < -0.3 is 8.98 Å². The number of aromatic nitrogens is 4. The van der Waals surface area contributed by atoms with Gasteiger partial charge in [-0.15, -0.1) is 0 Å². The second-order valence-electron chi connectivity index (χ2n) is 16.8. The zero-order valence-corrected chi connectivity index (χ0v) is 35.6. The van der Waals surface area contributed by atoms with E-state index in [-0.39, 0.29) is 0 Å². The van der Waals surface area contributed by atoms with Gasteiger partial charge in [-0.05, 0) is 92.7 Å². The van der Waals surface area contributed by atoms with Crippen LogP contribution in [0.3, 0.4) is 0 Å². The van der Waals surface area contributed by atoms with Crippen LogP contribution in [0.4, 0.5) is 0 Å². The van der Waals surface area contributed by atoms with Crippen molar-refractivity contribution < 1.29 is 4.42 Å². The second kappa shape index (κ2) is 15.4. The molecule has 0 N–H and O–H groups in total. The predicted molar refractivity (Wildman–Crippen MR) is 272 cm³/mol. The third kappa shape index (κ3) is 6.44. The number of nitrogens with zero attached hydrogens (tertiary/aromatic N) is 4. The first-order valence-electron chi connectivity index (χ1n) is 22.2. The Labute approximate surface area is 380 Å². The first kappa shape index (κ1) is 37.6. The quantitative estimate of drug-likeness (QED) is 0.160. The van der Waals surface area contributed by atoms with Crippen LogP contribution >= 0.6 is 0 Å². The molecule has 13 rings (SSSR count). The Morgan fingerprint density at radius 1 is 0.303 bits per heavy atom. The van der Waals surface area contributed by atoms with Crippen molar-refractivity contribution in [2.45, 2.75) is 0 Å². The molecule has 0 bridgehead atoms. The van der Waals surface area contributed by atoms with Crippen LogP contribution in [0.25, 0.3) is 128 Å². The maximum atomic E-state index is 6.30. The van der Waals surface area contributed by atoms with Gasteiger partial charge in [-0.3, -0.25) is 0 Å². The zero-order chi connectivity index (χ0) is 43.6. The van der Waals surface area contributed by atoms with Crippen molar-refractivity contribution in [3.8, 4) is 73.2 Å². The van der Waals surface area contributed by atoms with Crippen molar-refractivity contribution in [3.63, 3.8) is 0 Å². The maximum Gasteiger partial charge on any atom is 0.164 e. The molecule has 0 amide bonds. The highest BCUT2D eigenvalue weighted by Crippen LogP contribution is 2.40. The Morgan fingerprint density at radius 3 is 1.71 bits per heavy atom. The van der Waals surface area contributed by atoms with Crippen LogP contribution in [0.5, 0.6) is 0 Å². The smallest absolute Gasteiger partial charge is 0.164 e. The Hall–Kier alpha value is -8.93. The number of fused-ring (bicyclic) bond motifs is 7. The van der Waals surface area contributed by atoms with Crippen molar-refractivity contribution in [2.75, 3.05) is 0 Å². The molecule has 0 fully saturated rings. The van der Waals surface area contributed by atoms with Gasteiger partial charge in [0.2, 0.25) is 0 Å². The lowest BCUT2D eigenvalue weighted by molar-refractivity contribution is 0.669. The Morgan fingerprint density at radius 2 is 0.864 bits per heavy atom. The highest BCUT2D eigenvalue weighted by molar-refractivity contribution is 6.15. The average molecular weight is 843 g/mol. The first-order valence-corrected chi connectivity index (χ1v) is 22.2. The van der Waals surface area contributed by atoms with Gasteiger partial charge in [0.15, 0.2) is 17.5 Å². The minimum Gasteiger partial charge on any atom is -0.456 e. The van der Waals surface area contributed by atoms with Crippen molar-refractivity contribution in [3.05, 3.63) is 231 Å². The fraction of sp³-hybridized carbons (Fsp3) is 0. The first-order chi connectivity index (χ1) is 32.7. The predicted octanol–water partition coefficient (Wildman–Crippen LogP) is 16.0. The molecule has 308 valence electrons. The van der Waals surface area contributed by atoms with E-state index in [4.69, 9.17) is 19.4 Å². The summed E-state index contributed by atoms with van der Waals surface area (Å²) in [6, 6.07) is 81.2. The number of benzene rings is 10. The number of hydrogen-bond acceptors (Lipinski definition) is 4. The van der Waals surface area contributed by atoms with Crippen LogP contribution in [0.1, 0.15) is 0 Å². The molecule has 0 saturated carbocycles. The van der Waals surface area contributed by atoms with E-state index in [9.17, 15) is 0 Å². The monoisotopic (exact) mass is 842 g/mol. The number of furan rings is 1. The van der Waals surface area contributed by atoms with Crippen LogP contribution in [0, 0.1) is 0 Å². The van der Waals surface area contributed by atoms with Crippen LogP contribution < -0.4 is 0 Å².